The zero-order valence-corrected chi connectivity index (χ0v) is 8.58. The van der Waals surface area contributed by atoms with Gasteiger partial charge in [-0.05, 0) is 0 Å². The highest BCUT2D eigenvalue weighted by molar-refractivity contribution is 5.96. The molecule has 0 fully saturated rings. The van der Waals surface area contributed by atoms with E-state index in [4.69, 9.17) is 15.2 Å². The molecule has 2 aliphatic heterocycles. The van der Waals surface area contributed by atoms with Gasteiger partial charge in [-0.1, -0.05) is 0 Å². The third-order valence-corrected chi connectivity index (χ3v) is 3.06. The van der Waals surface area contributed by atoms with Gasteiger partial charge in [-0.2, -0.15) is 0 Å². The fraction of sp³-hybridized carbons (Fsp3) is 0.364. The van der Waals surface area contributed by atoms with Crippen molar-refractivity contribution in [3.8, 4) is 11.5 Å². The second-order valence-electron chi connectivity index (χ2n) is 3.91. The van der Waals surface area contributed by atoms with Crippen molar-refractivity contribution in [2.24, 2.45) is 0 Å². The molecular weight excluding hydrogens is 210 g/mol. The fourth-order valence-corrected chi connectivity index (χ4v) is 2.37. The van der Waals surface area contributed by atoms with Crippen LogP contribution in [0.15, 0.2) is 0 Å². The molecule has 16 heavy (non-hydrogen) atoms. The molecule has 0 amide bonds. The molecule has 84 valence electrons. The van der Waals surface area contributed by atoms with Crippen molar-refractivity contribution in [1.29, 1.82) is 0 Å². The number of anilines is 1. The van der Waals surface area contributed by atoms with E-state index < -0.39 is 5.97 Å². The summed E-state index contributed by atoms with van der Waals surface area (Å²) in [5.41, 5.74) is 8.18. The molecule has 2 aliphatic rings. The van der Waals surface area contributed by atoms with Crippen molar-refractivity contribution in [3.63, 3.8) is 0 Å². The highest BCUT2D eigenvalue weighted by Crippen LogP contribution is 2.45. The SMILES string of the molecule is Nc1c2c(c(C(=O)O)c3c1OCC3)OCC2. The van der Waals surface area contributed by atoms with E-state index in [2.05, 4.69) is 0 Å². The molecule has 2 heterocycles. The van der Waals surface area contributed by atoms with E-state index in [9.17, 15) is 9.90 Å². The second-order valence-corrected chi connectivity index (χ2v) is 3.91. The van der Waals surface area contributed by atoms with E-state index >= 15 is 0 Å². The quantitative estimate of drug-likeness (QED) is 0.686. The van der Waals surface area contributed by atoms with E-state index in [0.717, 1.165) is 5.56 Å². The van der Waals surface area contributed by atoms with Gasteiger partial charge in [0.2, 0.25) is 0 Å². The number of fused-ring (bicyclic) bond motifs is 2. The number of carboxylic acid groups (broad SMARTS) is 1. The Morgan fingerprint density at radius 1 is 1.12 bits per heavy atom. The van der Waals surface area contributed by atoms with Crippen LogP contribution in [-0.4, -0.2) is 24.3 Å². The summed E-state index contributed by atoms with van der Waals surface area (Å²) in [6.45, 7) is 0.978. The maximum atomic E-state index is 11.3. The van der Waals surface area contributed by atoms with Gasteiger partial charge in [-0.3, -0.25) is 0 Å². The first-order valence-corrected chi connectivity index (χ1v) is 5.16. The van der Waals surface area contributed by atoms with Crippen molar-refractivity contribution in [2.45, 2.75) is 12.8 Å². The minimum Gasteiger partial charge on any atom is -0.492 e. The number of hydrogen-bond acceptors (Lipinski definition) is 4. The minimum atomic E-state index is -0.972. The molecule has 1 aromatic carbocycles. The van der Waals surface area contributed by atoms with E-state index in [1.807, 2.05) is 0 Å². The Kier molecular flexibility index (Phi) is 1.77. The van der Waals surface area contributed by atoms with E-state index in [-0.39, 0.29) is 5.56 Å². The molecule has 0 bridgehead atoms. The molecule has 0 aliphatic carbocycles. The number of carbonyl (C=O) groups is 1. The Balaban J connectivity index is 2.36. The van der Waals surface area contributed by atoms with Crippen LogP contribution in [0.4, 0.5) is 5.69 Å². The number of carboxylic acids is 1. The average molecular weight is 221 g/mol. The lowest BCUT2D eigenvalue weighted by Crippen LogP contribution is -2.06. The van der Waals surface area contributed by atoms with Crippen molar-refractivity contribution in [1.82, 2.24) is 0 Å². The molecule has 0 radical (unpaired) electrons. The predicted molar refractivity (Wildman–Crippen MR) is 56.2 cm³/mol. The largest absolute Gasteiger partial charge is 0.492 e. The summed E-state index contributed by atoms with van der Waals surface area (Å²) in [7, 11) is 0. The third-order valence-electron chi connectivity index (χ3n) is 3.06. The molecule has 0 unspecified atom stereocenters. The van der Waals surface area contributed by atoms with E-state index in [1.54, 1.807) is 0 Å². The minimum absolute atomic E-state index is 0.231. The van der Waals surface area contributed by atoms with Crippen LogP contribution in [0.1, 0.15) is 21.5 Å². The summed E-state index contributed by atoms with van der Waals surface area (Å²) in [6, 6.07) is 0. The van der Waals surface area contributed by atoms with Gasteiger partial charge in [0.05, 0.1) is 18.9 Å². The van der Waals surface area contributed by atoms with Gasteiger partial charge in [0, 0.05) is 24.0 Å². The smallest absolute Gasteiger partial charge is 0.339 e. The van der Waals surface area contributed by atoms with Crippen LogP contribution in [0.25, 0.3) is 0 Å². The average Bonchev–Trinajstić information content (AvgIpc) is 2.84. The highest BCUT2D eigenvalue weighted by atomic mass is 16.5. The molecular formula is C11H11NO4. The number of aromatic carboxylic acids is 1. The van der Waals surface area contributed by atoms with E-state index in [0.29, 0.717) is 48.8 Å². The summed E-state index contributed by atoms with van der Waals surface area (Å²) >= 11 is 0. The first-order chi connectivity index (χ1) is 7.70. The van der Waals surface area contributed by atoms with Crippen LogP contribution in [0.2, 0.25) is 0 Å². The molecule has 0 spiro atoms. The highest BCUT2D eigenvalue weighted by Gasteiger charge is 2.33. The van der Waals surface area contributed by atoms with E-state index in [1.165, 1.54) is 0 Å². The van der Waals surface area contributed by atoms with Crippen molar-refractivity contribution < 1.29 is 19.4 Å². The number of hydrogen-bond donors (Lipinski definition) is 2. The molecule has 5 nitrogen and oxygen atoms in total. The fourth-order valence-electron chi connectivity index (χ4n) is 2.37. The number of rotatable bonds is 1. The zero-order chi connectivity index (χ0) is 11.3. The first-order valence-electron chi connectivity index (χ1n) is 5.16. The predicted octanol–water partition coefficient (Wildman–Crippen LogP) is 0.837. The standard InChI is InChI=1S/C11H11NO4/c12-8-6-2-4-15-9(6)7(11(13)14)5-1-3-16-10(5)8/h1-4,12H2,(H,13,14). The van der Waals surface area contributed by atoms with Gasteiger partial charge < -0.3 is 20.3 Å². The Morgan fingerprint density at radius 2 is 1.75 bits per heavy atom. The van der Waals surface area contributed by atoms with Gasteiger partial charge >= 0.3 is 5.97 Å². The maximum absolute atomic E-state index is 11.3. The second kappa shape index (κ2) is 3.04. The number of nitrogens with two attached hydrogens (primary N) is 1. The first kappa shape index (κ1) is 9.33. The number of benzene rings is 1. The molecule has 0 saturated carbocycles. The van der Waals surface area contributed by atoms with Gasteiger partial charge in [0.25, 0.3) is 0 Å². The van der Waals surface area contributed by atoms with Crippen LogP contribution in [0.3, 0.4) is 0 Å². The Hall–Kier alpha value is -1.91. The molecule has 3 N–H and O–H groups in total. The lowest BCUT2D eigenvalue weighted by atomic mass is 9.98. The molecule has 1 aromatic rings. The molecule has 5 heteroatoms. The number of ether oxygens (including phenoxy) is 2. The summed E-state index contributed by atoms with van der Waals surface area (Å²) < 4.78 is 10.8. The van der Waals surface area contributed by atoms with Gasteiger partial charge in [-0.25, -0.2) is 4.79 Å². The molecule has 3 rings (SSSR count). The lowest BCUT2D eigenvalue weighted by molar-refractivity contribution is 0.0692. The van der Waals surface area contributed by atoms with Crippen LogP contribution in [0.5, 0.6) is 11.5 Å². The third kappa shape index (κ3) is 1.02. The van der Waals surface area contributed by atoms with Crippen molar-refractivity contribution >= 4 is 11.7 Å². The topological polar surface area (TPSA) is 81.8 Å². The van der Waals surface area contributed by atoms with Gasteiger partial charge in [0.1, 0.15) is 17.1 Å². The van der Waals surface area contributed by atoms with Crippen LogP contribution < -0.4 is 15.2 Å². The lowest BCUT2D eigenvalue weighted by Gasteiger charge is -2.12. The molecule has 0 saturated heterocycles. The maximum Gasteiger partial charge on any atom is 0.339 e. The monoisotopic (exact) mass is 221 g/mol. The van der Waals surface area contributed by atoms with Crippen LogP contribution in [-0.2, 0) is 12.8 Å². The summed E-state index contributed by atoms with van der Waals surface area (Å²) in [5, 5.41) is 9.23. The van der Waals surface area contributed by atoms with Crippen LogP contribution >= 0.6 is 0 Å². The van der Waals surface area contributed by atoms with Gasteiger partial charge in [-0.15, -0.1) is 0 Å². The molecule has 0 aromatic heterocycles. The van der Waals surface area contributed by atoms with Crippen molar-refractivity contribution in [3.05, 3.63) is 16.7 Å². The Labute approximate surface area is 91.8 Å². The summed E-state index contributed by atoms with van der Waals surface area (Å²) in [6.07, 6.45) is 1.23. The Bertz CT molecular complexity index is 460. The number of nitrogen functional groups attached to an aromatic ring is 1. The summed E-state index contributed by atoms with van der Waals surface area (Å²) in [4.78, 5) is 11.3. The van der Waals surface area contributed by atoms with Gasteiger partial charge in [0.15, 0.2) is 0 Å². The van der Waals surface area contributed by atoms with Crippen molar-refractivity contribution in [2.75, 3.05) is 18.9 Å². The molecule has 0 atom stereocenters. The Morgan fingerprint density at radius 3 is 2.44 bits per heavy atom. The zero-order valence-electron chi connectivity index (χ0n) is 8.58. The van der Waals surface area contributed by atoms with Crippen LogP contribution in [0, 0.1) is 0 Å². The normalized spacial score (nSPS) is 16.2. The summed E-state index contributed by atoms with van der Waals surface area (Å²) in [5.74, 6) is 0.0100.